The van der Waals surface area contributed by atoms with Crippen molar-refractivity contribution < 1.29 is 23.1 Å². The molecule has 0 fully saturated rings. The molecule has 31 heavy (non-hydrogen) atoms. The Morgan fingerprint density at radius 2 is 1.81 bits per heavy atom. The van der Waals surface area contributed by atoms with Crippen LogP contribution in [0.3, 0.4) is 0 Å². The van der Waals surface area contributed by atoms with Gasteiger partial charge in [-0.3, -0.25) is 0 Å². The summed E-state index contributed by atoms with van der Waals surface area (Å²) in [5.74, 6) is -1.86. The molecule has 4 aromatic rings. The van der Waals surface area contributed by atoms with E-state index < -0.39 is 12.1 Å². The summed E-state index contributed by atoms with van der Waals surface area (Å²) in [6.07, 6.45) is 0.723. The number of pyridine rings is 1. The van der Waals surface area contributed by atoms with Gasteiger partial charge < -0.3 is 19.8 Å². The molecule has 0 aliphatic heterocycles. The molecule has 0 unspecified atom stereocenters. The lowest BCUT2D eigenvalue weighted by Gasteiger charge is -2.04. The third-order valence-electron chi connectivity index (χ3n) is 4.09. The Bertz CT molecular complexity index is 1160. The first-order valence-electron chi connectivity index (χ1n) is 8.95. The average molecular weight is 496 g/mol. The van der Waals surface area contributed by atoms with Crippen LogP contribution in [0.2, 0.25) is 0 Å². The maximum Gasteiger partial charge on any atom is 0.490 e. The molecular weight excluding hydrogens is 479 g/mol. The van der Waals surface area contributed by atoms with Crippen molar-refractivity contribution in [1.29, 1.82) is 0 Å². The number of aliphatic carboxylic acids is 1. The highest BCUT2D eigenvalue weighted by Crippen LogP contribution is 2.16. The van der Waals surface area contributed by atoms with Crippen LogP contribution in [0.5, 0.6) is 0 Å². The van der Waals surface area contributed by atoms with Crippen molar-refractivity contribution >= 4 is 27.5 Å². The van der Waals surface area contributed by atoms with Crippen LogP contribution < -0.4 is 5.32 Å². The van der Waals surface area contributed by atoms with Crippen LogP contribution in [0.4, 0.5) is 13.2 Å². The van der Waals surface area contributed by atoms with Crippen molar-refractivity contribution in [3.05, 3.63) is 76.9 Å². The summed E-state index contributed by atoms with van der Waals surface area (Å²) in [5, 5.41) is 10.6. The number of hydrogen-bond acceptors (Lipinski definition) is 4. The number of halogens is 4. The van der Waals surface area contributed by atoms with Gasteiger partial charge in [-0.1, -0.05) is 30.3 Å². The summed E-state index contributed by atoms with van der Waals surface area (Å²) >= 11 is 3.50. The van der Waals surface area contributed by atoms with Crippen LogP contribution in [-0.2, 0) is 17.9 Å². The number of imidazole rings is 2. The summed E-state index contributed by atoms with van der Waals surface area (Å²) in [6.45, 7) is 1.46. The molecule has 11 heteroatoms. The molecule has 0 aliphatic rings. The molecule has 1 aromatic carbocycles. The third kappa shape index (κ3) is 6.15. The molecule has 3 aromatic heterocycles. The molecule has 0 radical (unpaired) electrons. The van der Waals surface area contributed by atoms with E-state index in [1.165, 1.54) is 0 Å². The zero-order valence-corrected chi connectivity index (χ0v) is 17.5. The zero-order valence-electron chi connectivity index (χ0n) is 15.9. The molecule has 3 N–H and O–H groups in total. The maximum absolute atomic E-state index is 10.6. The number of carboxylic acid groups (broad SMARTS) is 1. The Balaban J connectivity index is 0.000000339. The minimum atomic E-state index is -5.08. The number of carboxylic acids is 1. The van der Waals surface area contributed by atoms with E-state index in [-0.39, 0.29) is 0 Å². The topological polar surface area (TPSA) is 95.3 Å². The molecule has 0 saturated carbocycles. The zero-order chi connectivity index (χ0) is 22.4. The summed E-state index contributed by atoms with van der Waals surface area (Å²) in [7, 11) is 0. The lowest BCUT2D eigenvalue weighted by Crippen LogP contribution is -2.21. The van der Waals surface area contributed by atoms with Gasteiger partial charge in [0.2, 0.25) is 0 Å². The van der Waals surface area contributed by atoms with E-state index in [4.69, 9.17) is 9.90 Å². The molecule has 0 bridgehead atoms. The van der Waals surface area contributed by atoms with Gasteiger partial charge in [0, 0.05) is 41.2 Å². The number of nitrogens with one attached hydrogen (secondary N) is 2. The van der Waals surface area contributed by atoms with Gasteiger partial charge in [-0.25, -0.2) is 14.8 Å². The van der Waals surface area contributed by atoms with Crippen LogP contribution in [0.1, 0.15) is 11.4 Å². The summed E-state index contributed by atoms with van der Waals surface area (Å²) in [5.41, 5.74) is 4.22. The first-order valence-corrected chi connectivity index (χ1v) is 9.75. The van der Waals surface area contributed by atoms with Gasteiger partial charge in [0.25, 0.3) is 0 Å². The minimum absolute atomic E-state index is 0.723. The van der Waals surface area contributed by atoms with E-state index in [9.17, 15) is 13.2 Å². The second-order valence-electron chi connectivity index (χ2n) is 6.35. The Morgan fingerprint density at radius 3 is 2.48 bits per heavy atom. The molecule has 0 aliphatic carbocycles. The van der Waals surface area contributed by atoms with Gasteiger partial charge in [0.05, 0.1) is 11.9 Å². The fourth-order valence-corrected chi connectivity index (χ4v) is 2.99. The van der Waals surface area contributed by atoms with Gasteiger partial charge in [0.15, 0.2) is 0 Å². The van der Waals surface area contributed by atoms with E-state index in [1.807, 2.05) is 61.1 Å². The van der Waals surface area contributed by atoms with Crippen molar-refractivity contribution in [2.45, 2.75) is 19.3 Å². The summed E-state index contributed by atoms with van der Waals surface area (Å²) in [4.78, 5) is 21.1. The Morgan fingerprint density at radius 1 is 1.10 bits per heavy atom. The fourth-order valence-electron chi connectivity index (χ4n) is 2.65. The smallest absolute Gasteiger partial charge is 0.475 e. The molecule has 3 heterocycles. The lowest BCUT2D eigenvalue weighted by atomic mass is 10.2. The number of benzene rings is 1. The number of nitrogens with zero attached hydrogens (tertiary/aromatic N) is 3. The standard InChI is InChI=1S/C18H16BrN5.C2HF3O2/c19-14-6-7-17-21-11-16(24(17)12-14)10-20-8-15-9-22-18(23-15)13-4-2-1-3-5-13;3-2(4,5)1(6)7/h1-7,9,11-12,20H,8,10H2,(H,22,23);(H,6,7). The Labute approximate surface area is 183 Å². The first-order chi connectivity index (χ1) is 14.7. The fraction of sp³-hybridized carbons (Fsp3) is 0.150. The summed E-state index contributed by atoms with van der Waals surface area (Å²) in [6, 6.07) is 14.1. The Hall–Kier alpha value is -3.18. The number of aromatic amines is 1. The minimum Gasteiger partial charge on any atom is -0.475 e. The van der Waals surface area contributed by atoms with Crippen molar-refractivity contribution in [1.82, 2.24) is 24.7 Å². The van der Waals surface area contributed by atoms with Gasteiger partial charge in [-0.05, 0) is 28.1 Å². The quantitative estimate of drug-likeness (QED) is 0.381. The van der Waals surface area contributed by atoms with Crippen molar-refractivity contribution in [2.24, 2.45) is 0 Å². The number of hydrogen-bond donors (Lipinski definition) is 3. The van der Waals surface area contributed by atoms with Gasteiger partial charge in [-0.2, -0.15) is 13.2 Å². The monoisotopic (exact) mass is 495 g/mol. The highest BCUT2D eigenvalue weighted by molar-refractivity contribution is 9.10. The SMILES string of the molecule is Brc1ccc2ncc(CNCc3cnc(-c4ccccc4)[nH]3)n2c1.O=C(O)C(F)(F)F. The molecular formula is C20H17BrF3N5O2. The predicted octanol–water partition coefficient (Wildman–Crippen LogP) is 4.41. The van der Waals surface area contributed by atoms with E-state index >= 15 is 0 Å². The lowest BCUT2D eigenvalue weighted by molar-refractivity contribution is -0.192. The van der Waals surface area contributed by atoms with Crippen LogP contribution in [-0.4, -0.2) is 36.6 Å². The molecule has 7 nitrogen and oxygen atoms in total. The normalized spacial score (nSPS) is 11.2. The number of rotatable bonds is 5. The first kappa shape index (κ1) is 22.5. The van der Waals surface area contributed by atoms with Gasteiger partial charge in [-0.15, -0.1) is 0 Å². The predicted molar refractivity (Wildman–Crippen MR) is 111 cm³/mol. The van der Waals surface area contributed by atoms with Gasteiger partial charge >= 0.3 is 12.1 Å². The molecule has 0 amide bonds. The Kier molecular flexibility index (Phi) is 7.08. The van der Waals surface area contributed by atoms with Crippen molar-refractivity contribution in [3.8, 4) is 11.4 Å². The highest BCUT2D eigenvalue weighted by Gasteiger charge is 2.38. The van der Waals surface area contributed by atoms with E-state index in [2.05, 4.69) is 40.6 Å². The number of alkyl halides is 3. The maximum atomic E-state index is 10.6. The van der Waals surface area contributed by atoms with Gasteiger partial charge in [0.1, 0.15) is 11.5 Å². The number of aromatic nitrogens is 4. The second-order valence-corrected chi connectivity index (χ2v) is 7.27. The molecule has 4 rings (SSSR count). The summed E-state index contributed by atoms with van der Waals surface area (Å²) < 4.78 is 34.9. The highest BCUT2D eigenvalue weighted by atomic mass is 79.9. The number of carbonyl (C=O) groups is 1. The largest absolute Gasteiger partial charge is 0.490 e. The number of fused-ring (bicyclic) bond motifs is 1. The average Bonchev–Trinajstić information content (AvgIpc) is 3.36. The number of H-pyrrole nitrogens is 1. The van der Waals surface area contributed by atoms with E-state index in [0.29, 0.717) is 0 Å². The van der Waals surface area contributed by atoms with Crippen LogP contribution in [0.15, 0.2) is 65.5 Å². The third-order valence-corrected chi connectivity index (χ3v) is 4.55. The molecule has 162 valence electrons. The van der Waals surface area contributed by atoms with Crippen LogP contribution in [0.25, 0.3) is 17.0 Å². The molecule has 0 spiro atoms. The van der Waals surface area contributed by atoms with Crippen LogP contribution >= 0.6 is 15.9 Å². The van der Waals surface area contributed by atoms with Crippen LogP contribution in [0, 0.1) is 0 Å². The molecule has 0 saturated heterocycles. The van der Waals surface area contributed by atoms with Crippen molar-refractivity contribution in [3.63, 3.8) is 0 Å². The van der Waals surface area contributed by atoms with E-state index in [1.54, 1.807) is 0 Å². The second kappa shape index (κ2) is 9.75. The van der Waals surface area contributed by atoms with E-state index in [0.717, 1.165) is 46.0 Å². The van der Waals surface area contributed by atoms with Crippen molar-refractivity contribution in [2.75, 3.05) is 0 Å². The molecule has 0 atom stereocenters.